The molecule has 0 fully saturated rings. The summed E-state index contributed by atoms with van der Waals surface area (Å²) in [4.78, 5) is 0. The average Bonchev–Trinajstić information content (AvgIpc) is 2.41. The highest BCUT2D eigenvalue weighted by atomic mass is 16.3. The summed E-state index contributed by atoms with van der Waals surface area (Å²) in [6.07, 6.45) is 0. The van der Waals surface area contributed by atoms with Crippen LogP contribution in [0.15, 0.2) is 30.3 Å². The van der Waals surface area contributed by atoms with Crippen molar-refractivity contribution in [1.29, 1.82) is 0 Å². The van der Waals surface area contributed by atoms with Gasteiger partial charge in [-0.15, -0.1) is 0 Å². The summed E-state index contributed by atoms with van der Waals surface area (Å²) in [5.74, 6) is 0.626. The highest BCUT2D eigenvalue weighted by Gasteiger charge is 2.34. The van der Waals surface area contributed by atoms with Gasteiger partial charge in [0.05, 0.1) is 0 Å². The van der Waals surface area contributed by atoms with Crippen LogP contribution >= 0.6 is 0 Å². The monoisotopic (exact) mass is 338 g/mol. The first kappa shape index (κ1) is 19.6. The molecule has 0 heterocycles. The molecule has 1 atom stereocenters. The van der Waals surface area contributed by atoms with Crippen LogP contribution in [0.1, 0.15) is 80.8 Å². The Bertz CT molecular complexity index is 747. The van der Waals surface area contributed by atoms with E-state index in [9.17, 15) is 5.11 Å². The molecule has 0 aliphatic rings. The van der Waals surface area contributed by atoms with Crippen LogP contribution in [-0.4, -0.2) is 5.11 Å². The van der Waals surface area contributed by atoms with E-state index in [1.807, 2.05) is 12.1 Å². The standard InChI is InChI=1S/C24H34O/c1-15-12-16(2)21(17(3)13-15)22(24(7,8)9)19-11-10-18(25)14-20(19)23(4,5)6/h10-14,22,25H,1-9H3. The summed E-state index contributed by atoms with van der Waals surface area (Å²) in [6, 6.07) is 10.5. The largest absolute Gasteiger partial charge is 0.508 e. The fourth-order valence-corrected chi connectivity index (χ4v) is 4.15. The number of hydrogen-bond acceptors (Lipinski definition) is 1. The minimum atomic E-state index is -0.0237. The van der Waals surface area contributed by atoms with Crippen molar-refractivity contribution >= 4 is 0 Å². The Balaban J connectivity index is 2.83. The van der Waals surface area contributed by atoms with Gasteiger partial charge in [0.25, 0.3) is 0 Å². The number of benzene rings is 2. The molecule has 0 spiro atoms. The summed E-state index contributed by atoms with van der Waals surface area (Å²) in [6.45, 7) is 20.2. The van der Waals surface area contributed by atoms with E-state index in [1.165, 1.54) is 33.4 Å². The second-order valence-corrected chi connectivity index (χ2v) is 9.63. The molecule has 136 valence electrons. The number of aromatic hydroxyl groups is 1. The first-order chi connectivity index (χ1) is 11.3. The fraction of sp³-hybridized carbons (Fsp3) is 0.500. The van der Waals surface area contributed by atoms with Crippen LogP contribution in [0.25, 0.3) is 0 Å². The lowest BCUT2D eigenvalue weighted by atomic mass is 9.67. The zero-order chi connectivity index (χ0) is 19.2. The number of rotatable bonds is 2. The molecule has 0 bridgehead atoms. The third-order valence-electron chi connectivity index (χ3n) is 5.05. The summed E-state index contributed by atoms with van der Waals surface area (Å²) in [5.41, 5.74) is 8.05. The van der Waals surface area contributed by atoms with E-state index in [0.717, 1.165) is 0 Å². The molecule has 0 radical (unpaired) electrons. The van der Waals surface area contributed by atoms with Crippen molar-refractivity contribution in [2.75, 3.05) is 0 Å². The van der Waals surface area contributed by atoms with Crippen molar-refractivity contribution < 1.29 is 5.11 Å². The number of phenolic OH excluding ortho intramolecular Hbond substituents is 1. The van der Waals surface area contributed by atoms with E-state index in [2.05, 4.69) is 80.5 Å². The Morgan fingerprint density at radius 2 is 1.32 bits per heavy atom. The smallest absolute Gasteiger partial charge is 0.115 e. The van der Waals surface area contributed by atoms with Gasteiger partial charge in [-0.1, -0.05) is 65.3 Å². The fourth-order valence-electron chi connectivity index (χ4n) is 4.15. The van der Waals surface area contributed by atoms with Crippen LogP contribution in [0, 0.1) is 26.2 Å². The quantitative estimate of drug-likeness (QED) is 0.639. The van der Waals surface area contributed by atoms with Gasteiger partial charge in [0, 0.05) is 5.92 Å². The van der Waals surface area contributed by atoms with Crippen molar-refractivity contribution in [2.24, 2.45) is 5.41 Å². The maximum absolute atomic E-state index is 10.1. The number of hydrogen-bond donors (Lipinski definition) is 1. The van der Waals surface area contributed by atoms with Gasteiger partial charge in [0.2, 0.25) is 0 Å². The first-order valence-electron chi connectivity index (χ1n) is 9.23. The first-order valence-corrected chi connectivity index (χ1v) is 9.23. The Morgan fingerprint density at radius 1 is 0.800 bits per heavy atom. The van der Waals surface area contributed by atoms with Crippen molar-refractivity contribution in [3.63, 3.8) is 0 Å². The molecule has 0 aliphatic heterocycles. The Labute approximate surface area is 154 Å². The number of aryl methyl sites for hydroxylation is 3. The SMILES string of the molecule is Cc1cc(C)c(C(c2ccc(O)cc2C(C)(C)C)C(C)(C)C)c(C)c1. The minimum Gasteiger partial charge on any atom is -0.508 e. The highest BCUT2D eigenvalue weighted by Crippen LogP contribution is 2.47. The van der Waals surface area contributed by atoms with Gasteiger partial charge in [-0.05, 0) is 71.6 Å². The van der Waals surface area contributed by atoms with E-state index in [1.54, 1.807) is 0 Å². The normalized spacial score (nSPS) is 13.8. The molecule has 0 aromatic heterocycles. The molecule has 0 saturated carbocycles. The van der Waals surface area contributed by atoms with Gasteiger partial charge in [-0.3, -0.25) is 0 Å². The molecule has 1 heteroatoms. The lowest BCUT2D eigenvalue weighted by molar-refractivity contribution is 0.351. The molecule has 2 aromatic rings. The van der Waals surface area contributed by atoms with Crippen molar-refractivity contribution in [3.8, 4) is 5.75 Å². The minimum absolute atomic E-state index is 0.0237. The maximum Gasteiger partial charge on any atom is 0.115 e. The van der Waals surface area contributed by atoms with E-state index < -0.39 is 0 Å². The summed E-state index contributed by atoms with van der Waals surface area (Å²) < 4.78 is 0. The topological polar surface area (TPSA) is 20.2 Å². The zero-order valence-corrected chi connectivity index (χ0v) is 17.4. The molecule has 1 nitrogen and oxygen atoms in total. The van der Waals surface area contributed by atoms with Crippen LogP contribution in [-0.2, 0) is 5.41 Å². The molecule has 1 unspecified atom stereocenters. The Morgan fingerprint density at radius 3 is 1.76 bits per heavy atom. The third-order valence-corrected chi connectivity index (χ3v) is 5.05. The second kappa shape index (κ2) is 6.52. The lowest BCUT2D eigenvalue weighted by Crippen LogP contribution is -2.25. The lowest BCUT2D eigenvalue weighted by Gasteiger charge is -2.37. The highest BCUT2D eigenvalue weighted by molar-refractivity contribution is 5.50. The van der Waals surface area contributed by atoms with Gasteiger partial charge < -0.3 is 5.11 Å². The molecule has 25 heavy (non-hydrogen) atoms. The summed E-state index contributed by atoms with van der Waals surface area (Å²) in [7, 11) is 0. The molecule has 1 N–H and O–H groups in total. The Kier molecular flexibility index (Phi) is 5.10. The van der Waals surface area contributed by atoms with Gasteiger partial charge in [0.1, 0.15) is 5.75 Å². The van der Waals surface area contributed by atoms with Crippen LogP contribution in [0.5, 0.6) is 5.75 Å². The van der Waals surface area contributed by atoms with Gasteiger partial charge >= 0.3 is 0 Å². The van der Waals surface area contributed by atoms with Crippen molar-refractivity contribution in [1.82, 2.24) is 0 Å². The van der Waals surface area contributed by atoms with Crippen molar-refractivity contribution in [3.05, 3.63) is 63.7 Å². The van der Waals surface area contributed by atoms with E-state index in [-0.39, 0.29) is 16.7 Å². The van der Waals surface area contributed by atoms with Gasteiger partial charge in [0.15, 0.2) is 0 Å². The van der Waals surface area contributed by atoms with Crippen LogP contribution in [0.2, 0.25) is 0 Å². The predicted octanol–water partition coefficient (Wildman–Crippen LogP) is 6.79. The maximum atomic E-state index is 10.1. The molecule has 0 aliphatic carbocycles. The predicted molar refractivity (Wildman–Crippen MR) is 109 cm³/mol. The summed E-state index contributed by atoms with van der Waals surface area (Å²) in [5, 5.41) is 10.1. The van der Waals surface area contributed by atoms with Crippen molar-refractivity contribution in [2.45, 2.75) is 73.6 Å². The zero-order valence-electron chi connectivity index (χ0n) is 17.4. The summed E-state index contributed by atoms with van der Waals surface area (Å²) >= 11 is 0. The Hall–Kier alpha value is -1.76. The molecular weight excluding hydrogens is 304 g/mol. The molecule has 0 amide bonds. The average molecular weight is 339 g/mol. The van der Waals surface area contributed by atoms with Gasteiger partial charge in [-0.25, -0.2) is 0 Å². The van der Waals surface area contributed by atoms with Crippen LogP contribution in [0.4, 0.5) is 0 Å². The third kappa shape index (κ3) is 4.08. The number of phenols is 1. The van der Waals surface area contributed by atoms with Crippen LogP contribution in [0.3, 0.4) is 0 Å². The van der Waals surface area contributed by atoms with Gasteiger partial charge in [-0.2, -0.15) is 0 Å². The molecule has 0 saturated heterocycles. The van der Waals surface area contributed by atoms with E-state index in [0.29, 0.717) is 5.75 Å². The van der Waals surface area contributed by atoms with E-state index in [4.69, 9.17) is 0 Å². The second-order valence-electron chi connectivity index (χ2n) is 9.63. The molecule has 2 rings (SSSR count). The van der Waals surface area contributed by atoms with E-state index >= 15 is 0 Å². The molecule has 2 aromatic carbocycles. The van der Waals surface area contributed by atoms with Crippen LogP contribution < -0.4 is 0 Å². The molecular formula is C24H34O.